The third-order valence-corrected chi connectivity index (χ3v) is 4.48. The summed E-state index contributed by atoms with van der Waals surface area (Å²) in [5, 5.41) is 0. The minimum Gasteiger partial charge on any atom is -0.300 e. The molecule has 2 aliphatic rings. The Bertz CT molecular complexity index is 460. The third-order valence-electron chi connectivity index (χ3n) is 4.48. The molecule has 1 aromatic heterocycles. The molecule has 3 rings (SSSR count). The van der Waals surface area contributed by atoms with Gasteiger partial charge in [0, 0.05) is 24.2 Å². The van der Waals surface area contributed by atoms with E-state index in [1.54, 1.807) is 12.4 Å². The van der Waals surface area contributed by atoms with Gasteiger partial charge >= 0.3 is 0 Å². The van der Waals surface area contributed by atoms with Gasteiger partial charge in [-0.05, 0) is 39.7 Å². The summed E-state index contributed by atoms with van der Waals surface area (Å²) >= 11 is 0. The molecule has 2 bridgehead atoms. The van der Waals surface area contributed by atoms with Crippen molar-refractivity contribution in [2.45, 2.75) is 44.7 Å². The van der Waals surface area contributed by atoms with Crippen LogP contribution in [0.1, 0.15) is 41.9 Å². The molecule has 0 aliphatic carbocycles. The van der Waals surface area contributed by atoms with Crippen molar-refractivity contribution in [2.75, 3.05) is 7.05 Å². The van der Waals surface area contributed by atoms with E-state index in [2.05, 4.69) is 21.9 Å². The number of carbonyl (C=O) groups excluding carboxylic acids is 1. The zero-order valence-electron chi connectivity index (χ0n) is 11.0. The van der Waals surface area contributed by atoms with E-state index in [1.807, 2.05) is 6.92 Å². The smallest absolute Gasteiger partial charge is 0.185 e. The molecule has 0 amide bonds. The summed E-state index contributed by atoms with van der Waals surface area (Å²) in [4.78, 5) is 23.3. The van der Waals surface area contributed by atoms with Gasteiger partial charge in [-0.15, -0.1) is 0 Å². The second-order valence-corrected chi connectivity index (χ2v) is 5.63. The monoisotopic (exact) mass is 245 g/mol. The third kappa shape index (κ3) is 1.94. The molecular weight excluding hydrogens is 226 g/mol. The van der Waals surface area contributed by atoms with Gasteiger partial charge in [-0.2, -0.15) is 0 Å². The number of piperidine rings is 1. The number of fused-ring (bicyclic) bond motifs is 2. The molecule has 96 valence electrons. The first-order chi connectivity index (χ1) is 8.65. The van der Waals surface area contributed by atoms with Crippen LogP contribution in [-0.2, 0) is 0 Å². The van der Waals surface area contributed by atoms with Gasteiger partial charge in [0.2, 0.25) is 0 Å². The summed E-state index contributed by atoms with van der Waals surface area (Å²) in [5.41, 5.74) is 1.36. The average molecular weight is 245 g/mol. The summed E-state index contributed by atoms with van der Waals surface area (Å²) in [6, 6.07) is 1.19. The predicted molar refractivity (Wildman–Crippen MR) is 68.4 cm³/mol. The molecule has 2 aliphatic heterocycles. The molecule has 2 unspecified atom stereocenters. The van der Waals surface area contributed by atoms with E-state index in [1.165, 1.54) is 12.8 Å². The predicted octanol–water partition coefficient (Wildman–Crippen LogP) is 1.84. The quantitative estimate of drug-likeness (QED) is 0.746. The second-order valence-electron chi connectivity index (χ2n) is 5.63. The largest absolute Gasteiger partial charge is 0.300 e. The molecule has 2 saturated heterocycles. The molecule has 0 aromatic carbocycles. The summed E-state index contributed by atoms with van der Waals surface area (Å²) in [6.07, 6.45) is 7.75. The van der Waals surface area contributed by atoms with Crippen LogP contribution in [0.2, 0.25) is 0 Å². The molecule has 0 spiro atoms. The van der Waals surface area contributed by atoms with Crippen molar-refractivity contribution in [3.8, 4) is 0 Å². The van der Waals surface area contributed by atoms with Gasteiger partial charge in [-0.25, -0.2) is 4.98 Å². The van der Waals surface area contributed by atoms with E-state index in [-0.39, 0.29) is 11.7 Å². The van der Waals surface area contributed by atoms with Gasteiger partial charge < -0.3 is 4.90 Å². The minimum atomic E-state index is 0.148. The van der Waals surface area contributed by atoms with E-state index < -0.39 is 0 Å². The number of Topliss-reactive ketones (excluding diaryl/α,β-unsaturated/α-hetero) is 1. The molecule has 18 heavy (non-hydrogen) atoms. The van der Waals surface area contributed by atoms with E-state index in [0.717, 1.165) is 18.5 Å². The van der Waals surface area contributed by atoms with Crippen LogP contribution in [0.5, 0.6) is 0 Å². The maximum atomic E-state index is 12.5. The van der Waals surface area contributed by atoms with Crippen LogP contribution in [0.15, 0.2) is 12.4 Å². The first kappa shape index (κ1) is 11.8. The highest BCUT2D eigenvalue weighted by molar-refractivity contribution is 5.96. The van der Waals surface area contributed by atoms with Crippen molar-refractivity contribution >= 4 is 5.78 Å². The summed E-state index contributed by atoms with van der Waals surface area (Å²) < 4.78 is 0. The molecule has 1 aromatic rings. The Morgan fingerprint density at radius 2 is 1.94 bits per heavy atom. The number of carbonyl (C=O) groups is 1. The van der Waals surface area contributed by atoms with Gasteiger partial charge in [0.05, 0.1) is 11.9 Å². The topological polar surface area (TPSA) is 46.1 Å². The van der Waals surface area contributed by atoms with Crippen molar-refractivity contribution in [2.24, 2.45) is 5.92 Å². The molecule has 2 fully saturated rings. The Morgan fingerprint density at radius 3 is 2.56 bits per heavy atom. The first-order valence-electron chi connectivity index (χ1n) is 6.70. The number of rotatable bonds is 2. The molecule has 0 saturated carbocycles. The molecule has 0 N–H and O–H groups in total. The Balaban J connectivity index is 1.78. The highest BCUT2D eigenvalue weighted by Gasteiger charge is 2.41. The summed E-state index contributed by atoms with van der Waals surface area (Å²) in [5.74, 6) is 0.339. The van der Waals surface area contributed by atoms with Gasteiger partial charge in [-0.1, -0.05) is 0 Å². The number of aryl methyl sites for hydroxylation is 1. The van der Waals surface area contributed by atoms with Gasteiger partial charge in [0.25, 0.3) is 0 Å². The number of nitrogens with zero attached hydrogens (tertiary/aromatic N) is 3. The van der Waals surface area contributed by atoms with Gasteiger partial charge in [0.1, 0.15) is 5.69 Å². The molecule has 3 heterocycles. The Morgan fingerprint density at radius 1 is 1.28 bits per heavy atom. The van der Waals surface area contributed by atoms with Crippen molar-refractivity contribution in [1.82, 2.24) is 14.9 Å². The van der Waals surface area contributed by atoms with Gasteiger partial charge in [-0.3, -0.25) is 9.78 Å². The fraction of sp³-hybridized carbons (Fsp3) is 0.643. The zero-order valence-corrected chi connectivity index (χ0v) is 11.0. The maximum absolute atomic E-state index is 12.5. The lowest BCUT2D eigenvalue weighted by Crippen LogP contribution is -2.42. The van der Waals surface area contributed by atoms with E-state index in [4.69, 9.17) is 0 Å². The Hall–Kier alpha value is -1.29. The van der Waals surface area contributed by atoms with Gasteiger partial charge in [0.15, 0.2) is 5.78 Å². The number of hydrogen-bond acceptors (Lipinski definition) is 4. The molecule has 4 heteroatoms. The standard InChI is InChI=1S/C14H19N3O/c1-9-7-15-8-13(16-9)14(18)10-5-11-3-4-12(6-10)17(11)2/h7-8,10-12H,3-6H2,1-2H3. The average Bonchev–Trinajstić information content (AvgIpc) is 2.61. The van der Waals surface area contributed by atoms with Crippen LogP contribution in [0.25, 0.3) is 0 Å². The van der Waals surface area contributed by atoms with Crippen molar-refractivity contribution in [3.63, 3.8) is 0 Å². The SMILES string of the molecule is Cc1cncc(C(=O)C2CC3CCC(C2)N3C)n1. The first-order valence-corrected chi connectivity index (χ1v) is 6.70. The fourth-order valence-electron chi connectivity index (χ4n) is 3.42. The molecule has 4 nitrogen and oxygen atoms in total. The number of aromatic nitrogens is 2. The lowest BCUT2D eigenvalue weighted by atomic mass is 9.86. The normalized spacial score (nSPS) is 31.6. The minimum absolute atomic E-state index is 0.148. The van der Waals surface area contributed by atoms with Crippen LogP contribution in [0.4, 0.5) is 0 Å². The van der Waals surface area contributed by atoms with Crippen LogP contribution >= 0.6 is 0 Å². The van der Waals surface area contributed by atoms with Crippen LogP contribution in [0.3, 0.4) is 0 Å². The Labute approximate surface area is 107 Å². The summed E-state index contributed by atoms with van der Waals surface area (Å²) in [7, 11) is 2.19. The van der Waals surface area contributed by atoms with Crippen LogP contribution < -0.4 is 0 Å². The Kier molecular flexibility index (Phi) is 2.90. The number of hydrogen-bond donors (Lipinski definition) is 0. The molecule has 0 radical (unpaired) electrons. The fourth-order valence-corrected chi connectivity index (χ4v) is 3.42. The molecule has 2 atom stereocenters. The molecular formula is C14H19N3O. The van der Waals surface area contributed by atoms with Crippen molar-refractivity contribution in [1.29, 1.82) is 0 Å². The van der Waals surface area contributed by atoms with Crippen LogP contribution in [0, 0.1) is 12.8 Å². The summed E-state index contributed by atoms with van der Waals surface area (Å²) in [6.45, 7) is 1.88. The van der Waals surface area contributed by atoms with Crippen LogP contribution in [-0.4, -0.2) is 39.8 Å². The lowest BCUT2D eigenvalue weighted by molar-refractivity contribution is 0.0761. The van der Waals surface area contributed by atoms with E-state index in [9.17, 15) is 4.79 Å². The number of ketones is 1. The van der Waals surface area contributed by atoms with E-state index in [0.29, 0.717) is 17.8 Å². The maximum Gasteiger partial charge on any atom is 0.185 e. The highest BCUT2D eigenvalue weighted by Crippen LogP contribution is 2.38. The lowest BCUT2D eigenvalue weighted by Gasteiger charge is -2.35. The van der Waals surface area contributed by atoms with Crippen molar-refractivity contribution in [3.05, 3.63) is 23.8 Å². The second kappa shape index (κ2) is 4.43. The highest BCUT2D eigenvalue weighted by atomic mass is 16.1. The van der Waals surface area contributed by atoms with E-state index >= 15 is 0 Å². The zero-order chi connectivity index (χ0) is 12.7. The van der Waals surface area contributed by atoms with Crippen molar-refractivity contribution < 1.29 is 4.79 Å².